The van der Waals surface area contributed by atoms with Crippen LogP contribution in [0.5, 0.6) is 0 Å². The van der Waals surface area contributed by atoms with Gasteiger partial charge in [0, 0.05) is 18.9 Å². The Kier molecular flexibility index (Phi) is 3.65. The van der Waals surface area contributed by atoms with E-state index in [1.54, 1.807) is 0 Å². The van der Waals surface area contributed by atoms with Crippen LogP contribution >= 0.6 is 0 Å². The van der Waals surface area contributed by atoms with E-state index in [-0.39, 0.29) is 0 Å². The molecule has 0 fully saturated rings. The fraction of sp³-hybridized carbons (Fsp3) is 0.444. The number of aromatic nitrogens is 1. The van der Waals surface area contributed by atoms with Gasteiger partial charge in [0.25, 0.3) is 0 Å². The minimum Gasteiger partial charge on any atom is -0.330 e. The third-order valence-electron chi connectivity index (χ3n) is 2.16. The summed E-state index contributed by atoms with van der Waals surface area (Å²) in [6.45, 7) is -0.960. The van der Waals surface area contributed by atoms with Crippen molar-refractivity contribution in [2.75, 3.05) is 6.54 Å². The van der Waals surface area contributed by atoms with Crippen LogP contribution in [0, 0.1) is 0 Å². The van der Waals surface area contributed by atoms with Gasteiger partial charge in [0.05, 0.1) is 11.5 Å². The lowest BCUT2D eigenvalue weighted by Gasteiger charge is -2.22. The predicted molar refractivity (Wildman–Crippen MR) is 47.1 cm³/mol. The summed E-state index contributed by atoms with van der Waals surface area (Å²) in [7, 11) is 0. The zero-order valence-electron chi connectivity index (χ0n) is 8.31. The number of rotatable bonds is 2. The summed E-state index contributed by atoms with van der Waals surface area (Å²) in [5.74, 6) is -2.37. The van der Waals surface area contributed by atoms with E-state index < -0.39 is 35.9 Å². The summed E-state index contributed by atoms with van der Waals surface area (Å²) < 4.78 is 75.0. The first kappa shape index (κ1) is 13.8. The topological polar surface area (TPSA) is 38.9 Å². The molecular formula is C9H8F6N2. The van der Waals surface area contributed by atoms with Crippen LogP contribution in [0.3, 0.4) is 0 Å². The predicted octanol–water partition coefficient (Wildman–Crippen LogP) is 2.71. The standard InChI is InChI=1S/C9H8F6N2/c10-8(11,12)6-1-2-17-4-5(6)7(3-16)9(13,14)15/h1-2,4,7H,3,16H2. The van der Waals surface area contributed by atoms with E-state index in [0.717, 1.165) is 6.20 Å². The zero-order chi connectivity index (χ0) is 13.3. The van der Waals surface area contributed by atoms with Gasteiger partial charge in [-0.1, -0.05) is 0 Å². The Morgan fingerprint density at radius 3 is 2.18 bits per heavy atom. The molecule has 0 aliphatic heterocycles. The van der Waals surface area contributed by atoms with Crippen LogP contribution in [0.1, 0.15) is 17.0 Å². The van der Waals surface area contributed by atoms with E-state index in [1.807, 2.05) is 0 Å². The molecule has 8 heteroatoms. The Hall–Kier alpha value is -1.31. The maximum Gasteiger partial charge on any atom is 0.416 e. The molecule has 1 aromatic rings. The average Bonchev–Trinajstić information content (AvgIpc) is 2.15. The fourth-order valence-corrected chi connectivity index (χ4v) is 1.38. The molecule has 0 saturated heterocycles. The van der Waals surface area contributed by atoms with Crippen molar-refractivity contribution < 1.29 is 26.3 Å². The highest BCUT2D eigenvalue weighted by atomic mass is 19.4. The Morgan fingerprint density at radius 2 is 1.76 bits per heavy atom. The van der Waals surface area contributed by atoms with Gasteiger partial charge < -0.3 is 5.73 Å². The molecule has 0 aromatic carbocycles. The van der Waals surface area contributed by atoms with E-state index in [4.69, 9.17) is 5.73 Å². The van der Waals surface area contributed by atoms with Crippen molar-refractivity contribution in [1.29, 1.82) is 0 Å². The van der Waals surface area contributed by atoms with Crippen molar-refractivity contribution in [1.82, 2.24) is 4.98 Å². The quantitative estimate of drug-likeness (QED) is 0.828. The molecule has 2 nitrogen and oxygen atoms in total. The number of halogens is 6. The van der Waals surface area contributed by atoms with Gasteiger partial charge in [-0.3, -0.25) is 4.98 Å². The first-order valence-electron chi connectivity index (χ1n) is 4.45. The van der Waals surface area contributed by atoms with Gasteiger partial charge >= 0.3 is 12.4 Å². The fourth-order valence-electron chi connectivity index (χ4n) is 1.38. The summed E-state index contributed by atoms with van der Waals surface area (Å²) in [6, 6.07) is 0.504. The zero-order valence-corrected chi connectivity index (χ0v) is 8.31. The molecule has 0 saturated carbocycles. The summed E-state index contributed by atoms with van der Waals surface area (Å²) in [5.41, 5.74) is 2.58. The number of pyridine rings is 1. The Balaban J connectivity index is 3.30. The molecule has 96 valence electrons. The molecule has 1 heterocycles. The van der Waals surface area contributed by atoms with Gasteiger partial charge in [-0.05, 0) is 11.6 Å². The molecule has 0 aliphatic carbocycles. The van der Waals surface area contributed by atoms with Crippen LogP contribution in [0.15, 0.2) is 18.5 Å². The lowest BCUT2D eigenvalue weighted by atomic mass is 9.95. The lowest BCUT2D eigenvalue weighted by molar-refractivity contribution is -0.154. The van der Waals surface area contributed by atoms with E-state index in [2.05, 4.69) is 4.98 Å². The molecule has 0 spiro atoms. The molecule has 1 aromatic heterocycles. The van der Waals surface area contributed by atoms with Crippen LogP contribution in [-0.4, -0.2) is 17.7 Å². The average molecular weight is 258 g/mol. The summed E-state index contributed by atoms with van der Waals surface area (Å²) in [6.07, 6.45) is -8.36. The van der Waals surface area contributed by atoms with Gasteiger partial charge in [-0.25, -0.2) is 0 Å². The van der Waals surface area contributed by atoms with Gasteiger partial charge in [0.15, 0.2) is 0 Å². The Bertz CT molecular complexity index is 384. The second kappa shape index (κ2) is 4.52. The molecule has 1 atom stereocenters. The smallest absolute Gasteiger partial charge is 0.330 e. The summed E-state index contributed by atoms with van der Waals surface area (Å²) in [4.78, 5) is 3.29. The third kappa shape index (κ3) is 3.09. The van der Waals surface area contributed by atoms with E-state index in [0.29, 0.717) is 12.3 Å². The number of nitrogens with zero attached hydrogens (tertiary/aromatic N) is 1. The van der Waals surface area contributed by atoms with Crippen molar-refractivity contribution in [2.24, 2.45) is 5.73 Å². The van der Waals surface area contributed by atoms with E-state index in [1.165, 1.54) is 0 Å². The largest absolute Gasteiger partial charge is 0.416 e. The molecule has 1 rings (SSSR count). The van der Waals surface area contributed by atoms with Crippen molar-refractivity contribution >= 4 is 0 Å². The first-order valence-corrected chi connectivity index (χ1v) is 4.45. The first-order chi connectivity index (χ1) is 7.68. The molecule has 0 aliphatic rings. The summed E-state index contributed by atoms with van der Waals surface area (Å²) in [5, 5.41) is 0. The van der Waals surface area contributed by atoms with Crippen molar-refractivity contribution in [3.05, 3.63) is 29.6 Å². The number of alkyl halides is 6. The summed E-state index contributed by atoms with van der Waals surface area (Å²) >= 11 is 0. The van der Waals surface area contributed by atoms with Gasteiger partial charge in [0.1, 0.15) is 0 Å². The monoisotopic (exact) mass is 258 g/mol. The van der Waals surface area contributed by atoms with Crippen molar-refractivity contribution in [3.63, 3.8) is 0 Å². The number of hydrogen-bond donors (Lipinski definition) is 1. The van der Waals surface area contributed by atoms with Gasteiger partial charge in [0.2, 0.25) is 0 Å². The van der Waals surface area contributed by atoms with Crippen molar-refractivity contribution in [2.45, 2.75) is 18.3 Å². The highest BCUT2D eigenvalue weighted by Crippen LogP contribution is 2.40. The normalized spacial score (nSPS) is 14.8. The molecule has 1 unspecified atom stereocenters. The van der Waals surface area contributed by atoms with Crippen LogP contribution in [0.2, 0.25) is 0 Å². The minimum atomic E-state index is -4.86. The second-order valence-electron chi connectivity index (χ2n) is 3.29. The van der Waals surface area contributed by atoms with Gasteiger partial charge in [-0.2, -0.15) is 26.3 Å². The SMILES string of the molecule is NCC(c1cnccc1C(F)(F)F)C(F)(F)F. The maximum absolute atomic E-state index is 12.5. The Labute approximate surface area is 92.4 Å². The second-order valence-corrected chi connectivity index (χ2v) is 3.29. The third-order valence-corrected chi connectivity index (χ3v) is 2.16. The molecular weight excluding hydrogens is 250 g/mol. The Morgan fingerprint density at radius 1 is 1.18 bits per heavy atom. The molecule has 0 bridgehead atoms. The van der Waals surface area contributed by atoms with Crippen LogP contribution in [0.25, 0.3) is 0 Å². The van der Waals surface area contributed by atoms with Crippen molar-refractivity contribution in [3.8, 4) is 0 Å². The van der Waals surface area contributed by atoms with E-state index in [9.17, 15) is 26.3 Å². The number of hydrogen-bond acceptors (Lipinski definition) is 2. The molecule has 2 N–H and O–H groups in total. The molecule has 0 radical (unpaired) electrons. The van der Waals surface area contributed by atoms with Crippen LogP contribution in [-0.2, 0) is 6.18 Å². The molecule has 17 heavy (non-hydrogen) atoms. The minimum absolute atomic E-state index is 0.504. The lowest BCUT2D eigenvalue weighted by Crippen LogP contribution is -2.30. The van der Waals surface area contributed by atoms with Crippen LogP contribution in [0.4, 0.5) is 26.3 Å². The van der Waals surface area contributed by atoms with Gasteiger partial charge in [-0.15, -0.1) is 0 Å². The maximum atomic E-state index is 12.5. The molecule has 0 amide bonds. The highest BCUT2D eigenvalue weighted by Gasteiger charge is 2.44. The highest BCUT2D eigenvalue weighted by molar-refractivity contribution is 5.31. The van der Waals surface area contributed by atoms with E-state index >= 15 is 0 Å². The van der Waals surface area contributed by atoms with Crippen LogP contribution < -0.4 is 5.73 Å². The number of nitrogens with two attached hydrogens (primary N) is 1.